The van der Waals surface area contributed by atoms with E-state index in [2.05, 4.69) is 10.3 Å². The lowest BCUT2D eigenvalue weighted by Crippen LogP contribution is -1.95. The molecule has 0 unspecified atom stereocenters. The number of carbonyl (C=O) groups is 1. The van der Waals surface area contributed by atoms with Crippen LogP contribution in [0.15, 0.2) is 59.3 Å². The quantitative estimate of drug-likeness (QED) is 0.734. The number of ketones is 1. The average Bonchev–Trinajstić information content (AvgIpc) is 3.10. The van der Waals surface area contributed by atoms with Crippen LogP contribution in [-0.4, -0.2) is 10.8 Å². The lowest BCUT2D eigenvalue weighted by atomic mass is 10.3. The van der Waals surface area contributed by atoms with Gasteiger partial charge in [-0.3, -0.25) is 4.79 Å². The highest BCUT2D eigenvalue weighted by Crippen LogP contribution is 2.24. The van der Waals surface area contributed by atoms with Gasteiger partial charge in [-0.2, -0.15) is 0 Å². The first kappa shape index (κ1) is 11.7. The molecule has 0 atom stereocenters. The maximum absolute atomic E-state index is 12.0. The summed E-state index contributed by atoms with van der Waals surface area (Å²) in [5, 5.41) is 3.83. The van der Waals surface area contributed by atoms with Gasteiger partial charge in [-0.05, 0) is 24.3 Å². The van der Waals surface area contributed by atoms with Gasteiger partial charge in [0.2, 0.25) is 5.78 Å². The molecule has 19 heavy (non-hydrogen) atoms. The van der Waals surface area contributed by atoms with Crippen LogP contribution in [0.5, 0.6) is 0 Å². The van der Waals surface area contributed by atoms with Crippen LogP contribution in [0.25, 0.3) is 0 Å². The van der Waals surface area contributed by atoms with Crippen molar-refractivity contribution in [1.82, 2.24) is 4.98 Å². The Morgan fingerprint density at radius 1 is 1.16 bits per heavy atom. The van der Waals surface area contributed by atoms with Crippen molar-refractivity contribution in [2.24, 2.45) is 0 Å². The largest absolute Gasteiger partial charge is 0.461 e. The van der Waals surface area contributed by atoms with Crippen LogP contribution in [0.3, 0.4) is 0 Å². The number of hydrogen-bond acceptors (Lipinski definition) is 5. The first-order chi connectivity index (χ1) is 9.33. The third kappa shape index (κ3) is 2.56. The second-order valence-corrected chi connectivity index (χ2v) is 4.86. The molecule has 0 aliphatic rings. The highest BCUT2D eigenvalue weighted by atomic mass is 32.1. The minimum atomic E-state index is -0.149. The standard InChI is InChI=1S/C14H10N2O2S/c17-13(11-7-4-8-18-11)12-9-15-14(19-12)16-10-5-2-1-3-6-10/h1-9H,(H,15,16). The SMILES string of the molecule is O=C(c1ccco1)c1cnc(Nc2ccccc2)s1. The van der Waals surface area contributed by atoms with Gasteiger partial charge >= 0.3 is 0 Å². The maximum atomic E-state index is 12.0. The summed E-state index contributed by atoms with van der Waals surface area (Å²) in [5.74, 6) is 0.179. The summed E-state index contributed by atoms with van der Waals surface area (Å²) in [6.45, 7) is 0. The first-order valence-electron chi connectivity index (χ1n) is 5.69. The monoisotopic (exact) mass is 270 g/mol. The molecule has 1 N–H and O–H groups in total. The van der Waals surface area contributed by atoms with E-state index in [1.54, 1.807) is 18.3 Å². The van der Waals surface area contributed by atoms with E-state index in [1.807, 2.05) is 30.3 Å². The summed E-state index contributed by atoms with van der Waals surface area (Å²) >= 11 is 1.30. The van der Waals surface area contributed by atoms with E-state index in [9.17, 15) is 4.79 Å². The number of anilines is 2. The van der Waals surface area contributed by atoms with Crippen LogP contribution < -0.4 is 5.32 Å². The molecule has 0 radical (unpaired) electrons. The summed E-state index contributed by atoms with van der Waals surface area (Å²) in [4.78, 5) is 16.8. The number of carbonyl (C=O) groups excluding carboxylic acids is 1. The molecule has 2 heterocycles. The zero-order valence-electron chi connectivity index (χ0n) is 9.87. The Balaban J connectivity index is 1.78. The summed E-state index contributed by atoms with van der Waals surface area (Å²) in [6.07, 6.45) is 3.04. The minimum absolute atomic E-state index is 0.149. The van der Waals surface area contributed by atoms with Gasteiger partial charge in [0.05, 0.1) is 12.5 Å². The van der Waals surface area contributed by atoms with E-state index in [0.29, 0.717) is 15.8 Å². The molecule has 3 aromatic rings. The highest BCUT2D eigenvalue weighted by molar-refractivity contribution is 7.17. The number of aromatic nitrogens is 1. The smallest absolute Gasteiger partial charge is 0.239 e. The molecule has 2 aromatic heterocycles. The third-order valence-electron chi connectivity index (χ3n) is 2.50. The lowest BCUT2D eigenvalue weighted by molar-refractivity contribution is 0.101. The van der Waals surface area contributed by atoms with Gasteiger partial charge in [0.15, 0.2) is 10.9 Å². The first-order valence-corrected chi connectivity index (χ1v) is 6.51. The van der Waals surface area contributed by atoms with E-state index in [4.69, 9.17) is 4.42 Å². The summed E-state index contributed by atoms with van der Waals surface area (Å²) in [7, 11) is 0. The molecule has 0 amide bonds. The maximum Gasteiger partial charge on any atom is 0.239 e. The molecule has 1 aromatic carbocycles. The van der Waals surface area contributed by atoms with Crippen molar-refractivity contribution in [2.75, 3.05) is 5.32 Å². The number of hydrogen-bond donors (Lipinski definition) is 1. The van der Waals surface area contributed by atoms with Gasteiger partial charge in [0.1, 0.15) is 4.88 Å². The fourth-order valence-corrected chi connectivity index (χ4v) is 2.39. The van der Waals surface area contributed by atoms with Crippen molar-refractivity contribution in [3.05, 3.63) is 65.6 Å². The third-order valence-corrected chi connectivity index (χ3v) is 3.41. The summed E-state index contributed by atoms with van der Waals surface area (Å²) in [6, 6.07) is 13.0. The number of nitrogens with one attached hydrogen (secondary N) is 1. The van der Waals surface area contributed by atoms with Crippen LogP contribution >= 0.6 is 11.3 Å². The molecule has 5 heteroatoms. The number of thiazole rings is 1. The van der Waals surface area contributed by atoms with Gasteiger partial charge in [0.25, 0.3) is 0 Å². The molecule has 0 fully saturated rings. The van der Waals surface area contributed by atoms with Crippen LogP contribution in [0.2, 0.25) is 0 Å². The Morgan fingerprint density at radius 2 is 2.00 bits per heavy atom. The highest BCUT2D eigenvalue weighted by Gasteiger charge is 2.15. The molecular formula is C14H10N2O2S. The zero-order valence-corrected chi connectivity index (χ0v) is 10.7. The molecule has 0 saturated heterocycles. The van der Waals surface area contributed by atoms with Crippen molar-refractivity contribution in [2.45, 2.75) is 0 Å². The Bertz CT molecular complexity index is 675. The second kappa shape index (κ2) is 5.07. The fourth-order valence-electron chi connectivity index (χ4n) is 1.61. The van der Waals surface area contributed by atoms with Crippen LogP contribution in [0, 0.1) is 0 Å². The average molecular weight is 270 g/mol. The molecule has 0 saturated carbocycles. The molecule has 0 bridgehead atoms. The van der Waals surface area contributed by atoms with Crippen molar-refractivity contribution in [1.29, 1.82) is 0 Å². The molecule has 4 nitrogen and oxygen atoms in total. The number of nitrogens with zero attached hydrogens (tertiary/aromatic N) is 1. The van der Waals surface area contributed by atoms with Crippen molar-refractivity contribution in [3.8, 4) is 0 Å². The number of benzene rings is 1. The van der Waals surface area contributed by atoms with Crippen LogP contribution in [-0.2, 0) is 0 Å². The van der Waals surface area contributed by atoms with Gasteiger partial charge in [-0.25, -0.2) is 4.98 Å². The van der Waals surface area contributed by atoms with Crippen molar-refractivity contribution >= 4 is 27.9 Å². The fraction of sp³-hybridized carbons (Fsp3) is 0. The summed E-state index contributed by atoms with van der Waals surface area (Å²) in [5.41, 5.74) is 0.939. The van der Waals surface area contributed by atoms with Gasteiger partial charge in [0, 0.05) is 5.69 Å². The Kier molecular flexibility index (Phi) is 3.12. The van der Waals surface area contributed by atoms with Crippen molar-refractivity contribution in [3.63, 3.8) is 0 Å². The van der Waals surface area contributed by atoms with E-state index in [-0.39, 0.29) is 5.78 Å². The summed E-state index contributed by atoms with van der Waals surface area (Å²) < 4.78 is 5.09. The van der Waals surface area contributed by atoms with Crippen LogP contribution in [0.1, 0.15) is 15.4 Å². The molecular weight excluding hydrogens is 260 g/mol. The normalized spacial score (nSPS) is 10.3. The Labute approximate surface area is 113 Å². The van der Waals surface area contributed by atoms with Gasteiger partial charge < -0.3 is 9.73 Å². The second-order valence-electron chi connectivity index (χ2n) is 3.83. The number of para-hydroxylation sites is 1. The van der Waals surface area contributed by atoms with E-state index >= 15 is 0 Å². The molecule has 0 aliphatic carbocycles. The lowest BCUT2D eigenvalue weighted by Gasteiger charge is -2.00. The topological polar surface area (TPSA) is 55.1 Å². The minimum Gasteiger partial charge on any atom is -0.461 e. The molecule has 0 spiro atoms. The van der Waals surface area contributed by atoms with Crippen molar-refractivity contribution < 1.29 is 9.21 Å². The molecule has 94 valence electrons. The predicted octanol–water partition coefficient (Wildman–Crippen LogP) is 3.71. The zero-order chi connectivity index (χ0) is 13.1. The van der Waals surface area contributed by atoms with Gasteiger partial charge in [-0.1, -0.05) is 29.5 Å². The van der Waals surface area contributed by atoms with E-state index in [1.165, 1.54) is 17.6 Å². The molecule has 3 rings (SSSR count). The Hall–Kier alpha value is -2.40. The number of rotatable bonds is 4. The molecule has 0 aliphatic heterocycles. The van der Waals surface area contributed by atoms with E-state index in [0.717, 1.165) is 5.69 Å². The van der Waals surface area contributed by atoms with E-state index < -0.39 is 0 Å². The van der Waals surface area contributed by atoms with Gasteiger partial charge in [-0.15, -0.1) is 0 Å². The predicted molar refractivity (Wildman–Crippen MR) is 74.0 cm³/mol. The van der Waals surface area contributed by atoms with Crippen LogP contribution in [0.4, 0.5) is 10.8 Å². The number of furan rings is 1. The Morgan fingerprint density at radius 3 is 2.74 bits per heavy atom.